The Morgan fingerprint density at radius 2 is 2.00 bits per heavy atom. The summed E-state index contributed by atoms with van der Waals surface area (Å²) in [6.07, 6.45) is 0. The van der Waals surface area contributed by atoms with Crippen molar-refractivity contribution in [3.63, 3.8) is 0 Å². The molecule has 1 rings (SSSR count). The van der Waals surface area contributed by atoms with Crippen LogP contribution in [0.1, 0.15) is 27.7 Å². The van der Waals surface area contributed by atoms with Gasteiger partial charge in [-0.3, -0.25) is 0 Å². The normalized spacial score (nSPS) is 17.5. The minimum Gasteiger partial charge on any atom is -0.309 e. The van der Waals surface area contributed by atoms with E-state index < -0.39 is 0 Å². The molecule has 0 saturated carbocycles. The van der Waals surface area contributed by atoms with Crippen LogP contribution in [0.15, 0.2) is 11.1 Å². The van der Waals surface area contributed by atoms with Gasteiger partial charge in [0.25, 0.3) is 0 Å². The molecule has 1 heterocycles. The van der Waals surface area contributed by atoms with Crippen LogP contribution in [0.4, 0.5) is 0 Å². The fourth-order valence-corrected chi connectivity index (χ4v) is 1.07. The van der Waals surface area contributed by atoms with Crippen molar-refractivity contribution in [1.82, 2.24) is 10.6 Å². The second kappa shape index (κ2) is 3.58. The van der Waals surface area contributed by atoms with Crippen LogP contribution in [-0.4, -0.2) is 25.2 Å². The maximum Gasteiger partial charge on any atom is 0.0183 e. The number of nitrogens with one attached hydrogen (secondary N) is 2. The van der Waals surface area contributed by atoms with Gasteiger partial charge in [0.1, 0.15) is 0 Å². The summed E-state index contributed by atoms with van der Waals surface area (Å²) >= 11 is 0. The van der Waals surface area contributed by atoms with E-state index in [0.29, 0.717) is 0 Å². The molecule has 1 aliphatic heterocycles. The molecule has 1 saturated heterocycles. The van der Waals surface area contributed by atoms with Gasteiger partial charge in [0.15, 0.2) is 0 Å². The molecule has 0 aromatic rings. The highest BCUT2D eigenvalue weighted by Gasteiger charge is 2.13. The highest BCUT2D eigenvalue weighted by Crippen LogP contribution is 2.09. The zero-order valence-corrected chi connectivity index (χ0v) is 8.62. The third-order valence-electron chi connectivity index (χ3n) is 2.16. The lowest BCUT2D eigenvalue weighted by atomic mass is 10.0. The van der Waals surface area contributed by atoms with E-state index in [1.807, 2.05) is 0 Å². The Hall–Kier alpha value is -0.340. The number of hydrogen-bond donors (Lipinski definition) is 2. The van der Waals surface area contributed by atoms with E-state index in [2.05, 4.69) is 38.3 Å². The Bertz CT molecular complexity index is 181. The molecule has 1 aliphatic rings. The molecule has 70 valence electrons. The first-order chi connectivity index (χ1) is 5.49. The minimum atomic E-state index is 0.235. The Kier molecular flexibility index (Phi) is 2.91. The van der Waals surface area contributed by atoms with Crippen LogP contribution < -0.4 is 10.6 Å². The molecule has 0 aromatic carbocycles. The molecule has 1 fully saturated rings. The van der Waals surface area contributed by atoms with Crippen LogP contribution in [0.5, 0.6) is 0 Å². The van der Waals surface area contributed by atoms with E-state index in [1.54, 1.807) is 5.57 Å². The monoisotopic (exact) mass is 168 g/mol. The molecule has 0 aromatic heterocycles. The topological polar surface area (TPSA) is 24.1 Å². The van der Waals surface area contributed by atoms with Gasteiger partial charge in [-0.15, -0.1) is 0 Å². The summed E-state index contributed by atoms with van der Waals surface area (Å²) in [4.78, 5) is 0. The summed E-state index contributed by atoms with van der Waals surface area (Å²) in [7, 11) is 0. The van der Waals surface area contributed by atoms with Crippen molar-refractivity contribution in [3.8, 4) is 0 Å². The molecule has 0 unspecified atom stereocenters. The van der Waals surface area contributed by atoms with Crippen molar-refractivity contribution in [2.75, 3.05) is 19.6 Å². The van der Waals surface area contributed by atoms with Crippen LogP contribution in [0.25, 0.3) is 0 Å². The van der Waals surface area contributed by atoms with Crippen molar-refractivity contribution in [2.45, 2.75) is 33.2 Å². The van der Waals surface area contributed by atoms with E-state index in [-0.39, 0.29) is 5.54 Å². The molecule has 12 heavy (non-hydrogen) atoms. The maximum absolute atomic E-state index is 3.49. The van der Waals surface area contributed by atoms with Gasteiger partial charge in [-0.2, -0.15) is 0 Å². The van der Waals surface area contributed by atoms with Crippen molar-refractivity contribution in [1.29, 1.82) is 0 Å². The van der Waals surface area contributed by atoms with Crippen molar-refractivity contribution in [3.05, 3.63) is 11.1 Å². The van der Waals surface area contributed by atoms with E-state index in [1.165, 1.54) is 5.57 Å². The highest BCUT2D eigenvalue weighted by atomic mass is 15.0. The van der Waals surface area contributed by atoms with Gasteiger partial charge < -0.3 is 10.6 Å². The fourth-order valence-electron chi connectivity index (χ4n) is 1.07. The number of hydrogen-bond acceptors (Lipinski definition) is 2. The molecule has 2 N–H and O–H groups in total. The van der Waals surface area contributed by atoms with E-state index >= 15 is 0 Å². The van der Waals surface area contributed by atoms with Gasteiger partial charge in [-0.1, -0.05) is 5.57 Å². The summed E-state index contributed by atoms with van der Waals surface area (Å²) in [5.41, 5.74) is 3.31. The SMILES string of the molecule is CC(CNC(C)(C)C)=C1CNC1. The summed E-state index contributed by atoms with van der Waals surface area (Å²) in [6.45, 7) is 12.0. The van der Waals surface area contributed by atoms with Gasteiger partial charge in [0.05, 0.1) is 0 Å². The van der Waals surface area contributed by atoms with Gasteiger partial charge in [0, 0.05) is 25.2 Å². The molecule has 0 radical (unpaired) electrons. The lowest BCUT2D eigenvalue weighted by Gasteiger charge is -2.25. The first kappa shape index (κ1) is 9.75. The summed E-state index contributed by atoms with van der Waals surface area (Å²) in [6, 6.07) is 0. The number of rotatable bonds is 2. The molecule has 0 aliphatic carbocycles. The summed E-state index contributed by atoms with van der Waals surface area (Å²) in [5.74, 6) is 0. The second-order valence-corrected chi connectivity index (χ2v) is 4.59. The molecule has 0 amide bonds. The molecule has 0 bridgehead atoms. The first-order valence-corrected chi connectivity index (χ1v) is 4.62. The van der Waals surface area contributed by atoms with Gasteiger partial charge >= 0.3 is 0 Å². The van der Waals surface area contributed by atoms with Crippen LogP contribution in [0.2, 0.25) is 0 Å². The van der Waals surface area contributed by atoms with Gasteiger partial charge in [-0.05, 0) is 33.3 Å². The summed E-state index contributed by atoms with van der Waals surface area (Å²) < 4.78 is 0. The smallest absolute Gasteiger partial charge is 0.0183 e. The largest absolute Gasteiger partial charge is 0.309 e. The van der Waals surface area contributed by atoms with Crippen molar-refractivity contribution in [2.24, 2.45) is 0 Å². The third-order valence-corrected chi connectivity index (χ3v) is 2.16. The molecule has 0 atom stereocenters. The molecule has 0 spiro atoms. The Morgan fingerprint density at radius 3 is 2.33 bits per heavy atom. The second-order valence-electron chi connectivity index (χ2n) is 4.59. The van der Waals surface area contributed by atoms with Crippen molar-refractivity contribution >= 4 is 0 Å². The quantitative estimate of drug-likeness (QED) is 0.607. The molecule has 2 nitrogen and oxygen atoms in total. The predicted molar refractivity (Wildman–Crippen MR) is 53.3 cm³/mol. The Balaban J connectivity index is 2.32. The lowest BCUT2D eigenvalue weighted by Crippen LogP contribution is -2.40. The van der Waals surface area contributed by atoms with Crippen LogP contribution in [0.3, 0.4) is 0 Å². The Labute approximate surface area is 75.4 Å². The van der Waals surface area contributed by atoms with E-state index in [9.17, 15) is 0 Å². The van der Waals surface area contributed by atoms with Crippen LogP contribution in [0, 0.1) is 0 Å². The lowest BCUT2D eigenvalue weighted by molar-refractivity contribution is 0.442. The maximum atomic E-state index is 3.49. The fraction of sp³-hybridized carbons (Fsp3) is 0.800. The zero-order valence-electron chi connectivity index (χ0n) is 8.62. The molecular formula is C10H20N2. The summed E-state index contributed by atoms with van der Waals surface area (Å²) in [5, 5.41) is 6.74. The van der Waals surface area contributed by atoms with Crippen molar-refractivity contribution < 1.29 is 0 Å². The first-order valence-electron chi connectivity index (χ1n) is 4.62. The Morgan fingerprint density at radius 1 is 1.42 bits per heavy atom. The average Bonchev–Trinajstić information content (AvgIpc) is 1.78. The van der Waals surface area contributed by atoms with Gasteiger partial charge in [-0.25, -0.2) is 0 Å². The van der Waals surface area contributed by atoms with Crippen LogP contribution in [-0.2, 0) is 0 Å². The van der Waals surface area contributed by atoms with E-state index in [4.69, 9.17) is 0 Å². The van der Waals surface area contributed by atoms with Crippen LogP contribution >= 0.6 is 0 Å². The standard InChI is InChI=1S/C10H20N2/c1-8(9-6-11-7-9)5-12-10(2,3)4/h11-12H,5-7H2,1-4H3. The van der Waals surface area contributed by atoms with E-state index in [0.717, 1.165) is 19.6 Å². The minimum absolute atomic E-state index is 0.235. The molecular weight excluding hydrogens is 148 g/mol. The third kappa shape index (κ3) is 2.95. The van der Waals surface area contributed by atoms with Gasteiger partial charge in [0.2, 0.25) is 0 Å². The average molecular weight is 168 g/mol. The highest BCUT2D eigenvalue weighted by molar-refractivity contribution is 5.22. The molecule has 2 heteroatoms. The zero-order chi connectivity index (χ0) is 9.19. The predicted octanol–water partition coefficient (Wildman–Crippen LogP) is 1.29.